The number of benzene rings is 1. The van der Waals surface area contributed by atoms with E-state index in [1.807, 2.05) is 0 Å². The summed E-state index contributed by atoms with van der Waals surface area (Å²) in [6.45, 7) is 4.30. The Kier molecular flexibility index (Phi) is 4.62. The molecule has 1 heterocycles. The van der Waals surface area contributed by atoms with Crippen molar-refractivity contribution in [3.8, 4) is 5.75 Å². The Labute approximate surface area is 122 Å². The van der Waals surface area contributed by atoms with Crippen molar-refractivity contribution in [1.29, 1.82) is 0 Å². The maximum Gasteiger partial charge on any atom is 0.122 e. The van der Waals surface area contributed by atoms with E-state index in [9.17, 15) is 0 Å². The van der Waals surface area contributed by atoms with Gasteiger partial charge in [-0.3, -0.25) is 0 Å². The maximum atomic E-state index is 5.56. The molecule has 1 aromatic rings. The molecule has 1 saturated carbocycles. The fourth-order valence-corrected chi connectivity index (χ4v) is 3.66. The van der Waals surface area contributed by atoms with Gasteiger partial charge in [-0.1, -0.05) is 38.3 Å². The lowest BCUT2D eigenvalue weighted by molar-refractivity contribution is 0.280. The lowest BCUT2D eigenvalue weighted by Gasteiger charge is -2.29. The van der Waals surface area contributed by atoms with Gasteiger partial charge in [0.2, 0.25) is 0 Å². The highest BCUT2D eigenvalue weighted by molar-refractivity contribution is 5.39. The molecule has 2 unspecified atom stereocenters. The van der Waals surface area contributed by atoms with Crippen molar-refractivity contribution in [3.63, 3.8) is 0 Å². The third kappa shape index (κ3) is 3.35. The van der Waals surface area contributed by atoms with Gasteiger partial charge in [-0.2, -0.15) is 0 Å². The molecule has 1 aliphatic heterocycles. The van der Waals surface area contributed by atoms with Gasteiger partial charge in [0, 0.05) is 12.5 Å². The lowest BCUT2D eigenvalue weighted by Crippen LogP contribution is -2.35. The maximum absolute atomic E-state index is 5.56. The van der Waals surface area contributed by atoms with Crippen molar-refractivity contribution in [3.05, 3.63) is 29.3 Å². The predicted octanol–water partition coefficient (Wildman–Crippen LogP) is 3.72. The molecule has 2 heteroatoms. The second-order valence-corrected chi connectivity index (χ2v) is 6.38. The van der Waals surface area contributed by atoms with Crippen LogP contribution in [-0.2, 0) is 12.8 Å². The number of rotatable bonds is 5. The minimum Gasteiger partial charge on any atom is -0.493 e. The fourth-order valence-electron chi connectivity index (χ4n) is 3.66. The van der Waals surface area contributed by atoms with E-state index in [2.05, 4.69) is 30.4 Å². The van der Waals surface area contributed by atoms with Crippen molar-refractivity contribution < 1.29 is 4.74 Å². The zero-order valence-corrected chi connectivity index (χ0v) is 12.7. The molecule has 1 N–H and O–H groups in total. The first-order valence-electron chi connectivity index (χ1n) is 8.33. The first kappa shape index (κ1) is 13.9. The SMILES string of the molecule is CCC1CCCC(NCCc2ccc3c(c2)CCO3)C1. The second-order valence-electron chi connectivity index (χ2n) is 6.38. The number of fused-ring (bicyclic) bond motifs is 1. The summed E-state index contributed by atoms with van der Waals surface area (Å²) < 4.78 is 5.56. The van der Waals surface area contributed by atoms with E-state index in [1.165, 1.54) is 43.2 Å². The first-order chi connectivity index (χ1) is 9.85. The smallest absolute Gasteiger partial charge is 0.122 e. The molecule has 1 fully saturated rings. The molecular weight excluding hydrogens is 246 g/mol. The van der Waals surface area contributed by atoms with Crippen LogP contribution >= 0.6 is 0 Å². The first-order valence-corrected chi connectivity index (χ1v) is 8.33. The number of hydrogen-bond acceptors (Lipinski definition) is 2. The molecule has 3 rings (SSSR count). The van der Waals surface area contributed by atoms with Crippen molar-refractivity contribution in [1.82, 2.24) is 5.32 Å². The molecule has 0 saturated heterocycles. The Balaban J connectivity index is 1.45. The van der Waals surface area contributed by atoms with Gasteiger partial charge in [-0.25, -0.2) is 0 Å². The molecule has 0 spiro atoms. The highest BCUT2D eigenvalue weighted by Crippen LogP contribution is 2.27. The number of nitrogens with one attached hydrogen (secondary N) is 1. The molecule has 0 bridgehead atoms. The molecule has 2 atom stereocenters. The van der Waals surface area contributed by atoms with Crippen LogP contribution in [0.3, 0.4) is 0 Å². The summed E-state index contributed by atoms with van der Waals surface area (Å²) in [4.78, 5) is 0. The van der Waals surface area contributed by atoms with Gasteiger partial charge in [0.1, 0.15) is 5.75 Å². The van der Waals surface area contributed by atoms with Crippen LogP contribution in [0.1, 0.15) is 50.2 Å². The van der Waals surface area contributed by atoms with Crippen molar-refractivity contribution in [2.45, 2.75) is 57.9 Å². The normalized spacial score (nSPS) is 25.2. The molecule has 20 heavy (non-hydrogen) atoms. The van der Waals surface area contributed by atoms with Crippen LogP contribution in [0.25, 0.3) is 0 Å². The molecule has 1 aromatic carbocycles. The Hall–Kier alpha value is -1.02. The monoisotopic (exact) mass is 273 g/mol. The highest BCUT2D eigenvalue weighted by Gasteiger charge is 2.20. The third-order valence-electron chi connectivity index (χ3n) is 4.96. The summed E-state index contributed by atoms with van der Waals surface area (Å²) in [5.41, 5.74) is 2.84. The van der Waals surface area contributed by atoms with Crippen LogP contribution in [-0.4, -0.2) is 19.2 Å². The topological polar surface area (TPSA) is 21.3 Å². The standard InChI is InChI=1S/C18H27NO/c1-2-14-4-3-5-17(13-14)19-10-8-15-6-7-18-16(12-15)9-11-20-18/h6-7,12,14,17,19H,2-5,8-11,13H2,1H3. The van der Waals surface area contributed by atoms with E-state index in [-0.39, 0.29) is 0 Å². The van der Waals surface area contributed by atoms with Crippen LogP contribution in [0.5, 0.6) is 5.75 Å². The Morgan fingerprint density at radius 3 is 3.15 bits per heavy atom. The van der Waals surface area contributed by atoms with Crippen LogP contribution in [0.15, 0.2) is 18.2 Å². The van der Waals surface area contributed by atoms with Crippen LogP contribution in [0.2, 0.25) is 0 Å². The van der Waals surface area contributed by atoms with E-state index in [1.54, 1.807) is 0 Å². The summed E-state index contributed by atoms with van der Waals surface area (Å²) in [5.74, 6) is 2.05. The van der Waals surface area contributed by atoms with Crippen LogP contribution in [0.4, 0.5) is 0 Å². The van der Waals surface area contributed by atoms with Gasteiger partial charge >= 0.3 is 0 Å². The summed E-state index contributed by atoms with van der Waals surface area (Å²) in [7, 11) is 0. The summed E-state index contributed by atoms with van der Waals surface area (Å²) >= 11 is 0. The average molecular weight is 273 g/mol. The average Bonchev–Trinajstić information content (AvgIpc) is 2.95. The Morgan fingerprint density at radius 1 is 1.30 bits per heavy atom. The van der Waals surface area contributed by atoms with Gasteiger partial charge in [0.25, 0.3) is 0 Å². The number of hydrogen-bond donors (Lipinski definition) is 1. The van der Waals surface area contributed by atoms with Gasteiger partial charge in [0.05, 0.1) is 6.61 Å². The lowest BCUT2D eigenvalue weighted by atomic mass is 9.84. The molecule has 0 radical (unpaired) electrons. The minimum atomic E-state index is 0.756. The minimum absolute atomic E-state index is 0.756. The fraction of sp³-hybridized carbons (Fsp3) is 0.667. The van der Waals surface area contributed by atoms with Crippen molar-refractivity contribution >= 4 is 0 Å². The summed E-state index contributed by atoms with van der Waals surface area (Å²) in [6, 6.07) is 7.46. The molecule has 0 aromatic heterocycles. The van der Waals surface area contributed by atoms with Crippen LogP contribution < -0.4 is 10.1 Å². The zero-order valence-electron chi connectivity index (χ0n) is 12.7. The summed E-state index contributed by atoms with van der Waals surface area (Å²) in [6.07, 6.45) is 9.18. The molecule has 0 amide bonds. The van der Waals surface area contributed by atoms with Gasteiger partial charge in [-0.05, 0) is 48.9 Å². The van der Waals surface area contributed by atoms with E-state index in [0.29, 0.717) is 0 Å². The van der Waals surface area contributed by atoms with Crippen LogP contribution in [0, 0.1) is 5.92 Å². The molecule has 1 aliphatic carbocycles. The van der Waals surface area contributed by atoms with E-state index < -0.39 is 0 Å². The highest BCUT2D eigenvalue weighted by atomic mass is 16.5. The third-order valence-corrected chi connectivity index (χ3v) is 4.96. The largest absolute Gasteiger partial charge is 0.493 e. The van der Waals surface area contributed by atoms with Crippen molar-refractivity contribution in [2.75, 3.05) is 13.2 Å². The van der Waals surface area contributed by atoms with Gasteiger partial charge in [0.15, 0.2) is 0 Å². The number of ether oxygens (including phenoxy) is 1. The van der Waals surface area contributed by atoms with E-state index >= 15 is 0 Å². The van der Waals surface area contributed by atoms with E-state index in [4.69, 9.17) is 4.74 Å². The second kappa shape index (κ2) is 6.62. The van der Waals surface area contributed by atoms with Crippen molar-refractivity contribution in [2.24, 2.45) is 5.92 Å². The van der Waals surface area contributed by atoms with Gasteiger partial charge in [-0.15, -0.1) is 0 Å². The molecule has 2 nitrogen and oxygen atoms in total. The Bertz CT molecular complexity index is 443. The molecular formula is C18H27NO. The predicted molar refractivity (Wildman–Crippen MR) is 83.4 cm³/mol. The van der Waals surface area contributed by atoms with Gasteiger partial charge < -0.3 is 10.1 Å². The zero-order chi connectivity index (χ0) is 13.8. The quantitative estimate of drug-likeness (QED) is 0.883. The Morgan fingerprint density at radius 2 is 2.25 bits per heavy atom. The van der Waals surface area contributed by atoms with E-state index in [0.717, 1.165) is 43.7 Å². The summed E-state index contributed by atoms with van der Waals surface area (Å²) in [5, 5.41) is 3.77. The molecule has 110 valence electrons. The molecule has 2 aliphatic rings.